The first-order valence-corrected chi connectivity index (χ1v) is 8.74. The molecular weight excluding hydrogens is 332 g/mol. The number of hydrogen-bond donors (Lipinski definition) is 2. The van der Waals surface area contributed by atoms with Gasteiger partial charge in [0, 0.05) is 44.4 Å². The Labute approximate surface area is 153 Å². The van der Waals surface area contributed by atoms with E-state index < -0.39 is 0 Å². The number of hydrogen-bond acceptors (Lipinski definition) is 6. The molecule has 2 heterocycles. The van der Waals surface area contributed by atoms with Crippen molar-refractivity contribution in [2.24, 2.45) is 5.92 Å². The maximum absolute atomic E-state index is 12.3. The lowest BCUT2D eigenvalue weighted by molar-refractivity contribution is -0.121. The van der Waals surface area contributed by atoms with Crippen LogP contribution in [0, 0.1) is 5.92 Å². The van der Waals surface area contributed by atoms with Gasteiger partial charge in [0.2, 0.25) is 11.9 Å². The highest BCUT2D eigenvalue weighted by Gasteiger charge is 2.34. The molecule has 0 saturated carbocycles. The number of anilines is 1. The van der Waals surface area contributed by atoms with Gasteiger partial charge in [-0.15, -0.1) is 0 Å². The van der Waals surface area contributed by atoms with Crippen LogP contribution in [0.3, 0.4) is 0 Å². The molecule has 1 aliphatic heterocycles. The van der Waals surface area contributed by atoms with Gasteiger partial charge >= 0.3 is 0 Å². The first-order valence-electron chi connectivity index (χ1n) is 8.74. The van der Waals surface area contributed by atoms with E-state index in [1.54, 1.807) is 25.6 Å². The predicted octanol–water partition coefficient (Wildman–Crippen LogP) is 1.03. The van der Waals surface area contributed by atoms with E-state index >= 15 is 0 Å². The Bertz CT molecular complexity index is 708. The topological polar surface area (TPSA) is 87.6 Å². The third-order valence-corrected chi connectivity index (χ3v) is 4.66. The summed E-state index contributed by atoms with van der Waals surface area (Å²) in [6.45, 7) is 1.25. The molecule has 7 nitrogen and oxygen atoms in total. The average molecular weight is 356 g/mol. The molecule has 138 valence electrons. The first kappa shape index (κ1) is 18.1. The summed E-state index contributed by atoms with van der Waals surface area (Å²) in [4.78, 5) is 22.8. The van der Waals surface area contributed by atoms with Crippen molar-refractivity contribution in [1.29, 1.82) is 0 Å². The molecule has 1 aliphatic rings. The van der Waals surface area contributed by atoms with E-state index in [0.717, 1.165) is 11.3 Å². The molecule has 1 saturated heterocycles. The van der Waals surface area contributed by atoms with Crippen LogP contribution in [0.15, 0.2) is 42.7 Å². The number of amides is 1. The minimum atomic E-state index is -0.104. The van der Waals surface area contributed by atoms with Crippen LogP contribution in [0.4, 0.5) is 5.95 Å². The van der Waals surface area contributed by atoms with E-state index in [9.17, 15) is 9.90 Å². The van der Waals surface area contributed by atoms with E-state index in [1.165, 1.54) is 0 Å². The number of aliphatic hydroxyl groups is 1. The number of aromatic nitrogens is 2. The third-order valence-electron chi connectivity index (χ3n) is 4.66. The number of aliphatic hydroxyl groups excluding tert-OH is 1. The second-order valence-electron chi connectivity index (χ2n) is 6.42. The van der Waals surface area contributed by atoms with E-state index in [1.807, 2.05) is 29.2 Å². The number of methoxy groups -OCH3 is 1. The first-order chi connectivity index (χ1) is 12.7. The minimum absolute atomic E-state index is 0.0138. The Morgan fingerprint density at radius 1 is 1.27 bits per heavy atom. The van der Waals surface area contributed by atoms with Crippen LogP contribution in [-0.4, -0.2) is 53.8 Å². The highest BCUT2D eigenvalue weighted by atomic mass is 16.5. The van der Waals surface area contributed by atoms with E-state index in [4.69, 9.17) is 4.74 Å². The van der Waals surface area contributed by atoms with Gasteiger partial charge in [-0.25, -0.2) is 9.97 Å². The number of nitrogens with one attached hydrogen (secondary N) is 1. The molecular formula is C19H24N4O3. The molecule has 0 bridgehead atoms. The van der Waals surface area contributed by atoms with Gasteiger partial charge in [-0.1, -0.05) is 12.1 Å². The number of rotatable bonds is 7. The molecule has 26 heavy (non-hydrogen) atoms. The molecule has 2 aromatic rings. The molecule has 1 aromatic heterocycles. The van der Waals surface area contributed by atoms with Crippen LogP contribution in [-0.2, 0) is 11.2 Å². The largest absolute Gasteiger partial charge is 0.497 e. The van der Waals surface area contributed by atoms with Crippen molar-refractivity contribution in [3.05, 3.63) is 48.3 Å². The number of benzene rings is 1. The van der Waals surface area contributed by atoms with Crippen LogP contribution in [0.5, 0.6) is 5.75 Å². The van der Waals surface area contributed by atoms with Crippen LogP contribution in [0.25, 0.3) is 0 Å². The number of nitrogens with zero attached hydrogens (tertiary/aromatic N) is 3. The summed E-state index contributed by atoms with van der Waals surface area (Å²) < 4.78 is 5.14. The zero-order valence-electron chi connectivity index (χ0n) is 14.8. The molecule has 2 atom stereocenters. The van der Waals surface area contributed by atoms with Crippen molar-refractivity contribution in [2.75, 3.05) is 31.7 Å². The van der Waals surface area contributed by atoms with Crippen LogP contribution in [0.1, 0.15) is 12.0 Å². The lowest BCUT2D eigenvalue weighted by Crippen LogP contribution is -2.41. The summed E-state index contributed by atoms with van der Waals surface area (Å²) in [5.41, 5.74) is 1.09. The fourth-order valence-corrected chi connectivity index (χ4v) is 3.17. The zero-order chi connectivity index (χ0) is 18.4. The Morgan fingerprint density at radius 2 is 2.00 bits per heavy atom. The van der Waals surface area contributed by atoms with Crippen LogP contribution >= 0.6 is 0 Å². The zero-order valence-corrected chi connectivity index (χ0v) is 14.8. The summed E-state index contributed by atoms with van der Waals surface area (Å²) >= 11 is 0. The van der Waals surface area contributed by atoms with Crippen LogP contribution in [0.2, 0.25) is 0 Å². The van der Waals surface area contributed by atoms with Crippen molar-refractivity contribution >= 4 is 11.9 Å². The maximum Gasteiger partial charge on any atom is 0.225 e. The van der Waals surface area contributed by atoms with Crippen molar-refractivity contribution in [2.45, 2.75) is 18.9 Å². The highest BCUT2D eigenvalue weighted by molar-refractivity contribution is 5.76. The molecule has 1 amide bonds. The third kappa shape index (κ3) is 4.49. The Morgan fingerprint density at radius 3 is 2.65 bits per heavy atom. The van der Waals surface area contributed by atoms with Gasteiger partial charge in [-0.3, -0.25) is 4.79 Å². The van der Waals surface area contributed by atoms with Crippen LogP contribution < -0.4 is 15.0 Å². The Kier molecular flexibility index (Phi) is 6.01. The molecule has 7 heteroatoms. The lowest BCUT2D eigenvalue weighted by atomic mass is 10.0. The predicted molar refractivity (Wildman–Crippen MR) is 98.1 cm³/mol. The SMILES string of the molecule is COc1ccc(CCC(=O)N[C@@H]2CN(c3ncccn3)C[C@H]2CO)cc1. The number of carbonyl (C=O) groups is 1. The summed E-state index contributed by atoms with van der Waals surface area (Å²) in [5.74, 6) is 1.39. The average Bonchev–Trinajstić information content (AvgIpc) is 3.10. The van der Waals surface area contributed by atoms with Crippen molar-refractivity contribution in [1.82, 2.24) is 15.3 Å². The van der Waals surface area contributed by atoms with Gasteiger partial charge in [0.15, 0.2) is 0 Å². The molecule has 1 aromatic carbocycles. The number of ether oxygens (including phenoxy) is 1. The quantitative estimate of drug-likeness (QED) is 0.771. The van der Waals surface area contributed by atoms with Gasteiger partial charge < -0.3 is 20.1 Å². The number of aryl methyl sites for hydroxylation is 1. The van der Waals surface area contributed by atoms with Gasteiger partial charge in [0.05, 0.1) is 13.2 Å². The molecule has 0 unspecified atom stereocenters. The van der Waals surface area contributed by atoms with Crippen molar-refractivity contribution < 1.29 is 14.6 Å². The normalized spacial score (nSPS) is 19.4. The summed E-state index contributed by atoms with van der Waals surface area (Å²) in [6.07, 6.45) is 4.45. The van der Waals surface area contributed by atoms with Gasteiger partial charge in [0.25, 0.3) is 0 Å². The van der Waals surface area contributed by atoms with Gasteiger partial charge in [-0.2, -0.15) is 0 Å². The second kappa shape index (κ2) is 8.62. The van der Waals surface area contributed by atoms with E-state index in [-0.39, 0.29) is 24.5 Å². The summed E-state index contributed by atoms with van der Waals surface area (Å²) in [5, 5.41) is 12.7. The molecule has 3 rings (SSSR count). The Balaban J connectivity index is 1.52. The monoisotopic (exact) mass is 356 g/mol. The summed E-state index contributed by atoms with van der Waals surface area (Å²) in [6, 6.07) is 9.38. The fourth-order valence-electron chi connectivity index (χ4n) is 3.17. The molecule has 2 N–H and O–H groups in total. The fraction of sp³-hybridized carbons (Fsp3) is 0.421. The molecule has 0 aliphatic carbocycles. The van der Waals surface area contributed by atoms with E-state index in [2.05, 4.69) is 15.3 Å². The van der Waals surface area contributed by atoms with Crippen molar-refractivity contribution in [3.63, 3.8) is 0 Å². The maximum atomic E-state index is 12.3. The number of carbonyl (C=O) groups excluding carboxylic acids is 1. The summed E-state index contributed by atoms with van der Waals surface area (Å²) in [7, 11) is 1.63. The lowest BCUT2D eigenvalue weighted by Gasteiger charge is -2.18. The molecule has 1 fully saturated rings. The Hall–Kier alpha value is -2.67. The molecule has 0 spiro atoms. The smallest absolute Gasteiger partial charge is 0.225 e. The standard InChI is InChI=1S/C19H24N4O3/c1-26-16-6-3-14(4-7-16)5-8-18(25)22-17-12-23(11-15(17)13-24)19-20-9-2-10-21-19/h2-4,6-7,9-10,15,17,24H,5,8,11-13H2,1H3,(H,22,25)/t15-,17+/m0/s1. The van der Waals surface area contributed by atoms with Crippen molar-refractivity contribution in [3.8, 4) is 5.75 Å². The van der Waals surface area contributed by atoms with Gasteiger partial charge in [-0.05, 0) is 30.2 Å². The van der Waals surface area contributed by atoms with Gasteiger partial charge in [0.1, 0.15) is 5.75 Å². The highest BCUT2D eigenvalue weighted by Crippen LogP contribution is 2.21. The molecule has 0 radical (unpaired) electrons. The second-order valence-corrected chi connectivity index (χ2v) is 6.42. The minimum Gasteiger partial charge on any atom is -0.497 e. The van der Waals surface area contributed by atoms with E-state index in [0.29, 0.717) is 31.9 Å².